The molecule has 0 bridgehead atoms. The summed E-state index contributed by atoms with van der Waals surface area (Å²) in [7, 11) is 0. The first-order valence-corrected chi connectivity index (χ1v) is 11.7. The van der Waals surface area contributed by atoms with Crippen molar-refractivity contribution in [2.45, 2.75) is 43.2 Å². The molecule has 2 atom stereocenters. The summed E-state index contributed by atoms with van der Waals surface area (Å²) >= 11 is 13.9. The third-order valence-electron chi connectivity index (χ3n) is 5.21. The Balaban J connectivity index is 1.53. The Morgan fingerprint density at radius 3 is 2.57 bits per heavy atom. The first kappa shape index (κ1) is 21.6. The summed E-state index contributed by atoms with van der Waals surface area (Å²) in [6, 6.07) is 13.9. The van der Waals surface area contributed by atoms with Gasteiger partial charge < -0.3 is 14.2 Å². The number of ether oxygens (including phenoxy) is 1. The molecule has 7 heteroatoms. The first-order valence-electron chi connectivity index (χ1n) is 9.98. The summed E-state index contributed by atoms with van der Waals surface area (Å²) < 4.78 is 7.81. The number of aromatic nitrogens is 1. The maximum absolute atomic E-state index is 13.0. The summed E-state index contributed by atoms with van der Waals surface area (Å²) in [5.74, 6) is 0.899. The van der Waals surface area contributed by atoms with E-state index in [1.807, 2.05) is 49.1 Å². The fourth-order valence-corrected chi connectivity index (χ4v) is 5.23. The minimum absolute atomic E-state index is 0.0661. The highest BCUT2D eigenvalue weighted by atomic mass is 35.5. The lowest BCUT2D eigenvalue weighted by atomic mass is 10.2. The number of para-hydroxylation sites is 1. The van der Waals surface area contributed by atoms with Crippen LogP contribution >= 0.6 is 35.0 Å². The topological polar surface area (TPSA) is 34.5 Å². The Morgan fingerprint density at radius 1 is 1.10 bits per heavy atom. The van der Waals surface area contributed by atoms with Crippen LogP contribution in [0.2, 0.25) is 10.0 Å². The third-order valence-corrected chi connectivity index (χ3v) is 7.06. The number of amides is 1. The SMILES string of the molecule is CC1CN(C(=O)Cn2cc(SCc3ccc(Cl)c(Cl)c3)c3ccccc32)CC(C)O1. The van der Waals surface area contributed by atoms with Crippen LogP contribution in [-0.4, -0.2) is 40.7 Å². The molecular formula is C23H24Cl2N2O2S. The van der Waals surface area contributed by atoms with Gasteiger partial charge in [0, 0.05) is 40.8 Å². The van der Waals surface area contributed by atoms with E-state index in [9.17, 15) is 4.79 Å². The predicted molar refractivity (Wildman–Crippen MR) is 125 cm³/mol. The summed E-state index contributed by atoms with van der Waals surface area (Å²) in [5, 5.41) is 2.28. The molecule has 0 saturated carbocycles. The van der Waals surface area contributed by atoms with Crippen molar-refractivity contribution < 1.29 is 9.53 Å². The average molecular weight is 463 g/mol. The Bertz CT molecular complexity index is 1060. The summed E-state index contributed by atoms with van der Waals surface area (Å²) in [4.78, 5) is 16.0. The Hall–Kier alpha value is -1.66. The molecule has 0 radical (unpaired) electrons. The van der Waals surface area contributed by atoms with E-state index >= 15 is 0 Å². The second-order valence-corrected chi connectivity index (χ2v) is 9.56. The van der Waals surface area contributed by atoms with Crippen LogP contribution in [0.15, 0.2) is 53.6 Å². The van der Waals surface area contributed by atoms with Crippen LogP contribution in [-0.2, 0) is 21.8 Å². The number of carbonyl (C=O) groups is 1. The number of morpholine rings is 1. The number of rotatable bonds is 5. The predicted octanol–water partition coefficient (Wildman–Crippen LogP) is 5.88. The molecule has 1 aromatic heterocycles. The third kappa shape index (κ3) is 4.80. The van der Waals surface area contributed by atoms with E-state index in [0.29, 0.717) is 29.7 Å². The van der Waals surface area contributed by atoms with Crippen molar-refractivity contribution in [3.8, 4) is 0 Å². The van der Waals surface area contributed by atoms with Gasteiger partial charge >= 0.3 is 0 Å². The van der Waals surface area contributed by atoms with E-state index < -0.39 is 0 Å². The van der Waals surface area contributed by atoms with Crippen LogP contribution < -0.4 is 0 Å². The van der Waals surface area contributed by atoms with Crippen molar-refractivity contribution in [3.05, 3.63) is 64.3 Å². The van der Waals surface area contributed by atoms with Crippen LogP contribution in [0.3, 0.4) is 0 Å². The van der Waals surface area contributed by atoms with Gasteiger partial charge in [-0.1, -0.05) is 47.5 Å². The molecule has 30 heavy (non-hydrogen) atoms. The highest BCUT2D eigenvalue weighted by Crippen LogP contribution is 2.33. The molecule has 1 amide bonds. The second-order valence-electron chi connectivity index (χ2n) is 7.73. The van der Waals surface area contributed by atoms with Crippen molar-refractivity contribution in [3.63, 3.8) is 0 Å². The minimum Gasteiger partial charge on any atom is -0.372 e. The Labute approximate surface area is 191 Å². The van der Waals surface area contributed by atoms with Crippen LogP contribution in [0, 0.1) is 0 Å². The number of halogens is 2. The lowest BCUT2D eigenvalue weighted by Crippen LogP contribution is -2.49. The quantitative estimate of drug-likeness (QED) is 0.444. The number of thioether (sulfide) groups is 1. The molecule has 4 nitrogen and oxygen atoms in total. The van der Waals surface area contributed by atoms with E-state index in [2.05, 4.69) is 22.9 Å². The van der Waals surface area contributed by atoms with Crippen molar-refractivity contribution in [1.29, 1.82) is 0 Å². The lowest BCUT2D eigenvalue weighted by Gasteiger charge is -2.35. The van der Waals surface area contributed by atoms with Gasteiger partial charge in [0.25, 0.3) is 0 Å². The van der Waals surface area contributed by atoms with Crippen LogP contribution in [0.1, 0.15) is 19.4 Å². The zero-order valence-corrected chi connectivity index (χ0v) is 19.3. The van der Waals surface area contributed by atoms with E-state index in [4.69, 9.17) is 27.9 Å². The molecule has 4 rings (SSSR count). The van der Waals surface area contributed by atoms with Crippen LogP contribution in [0.4, 0.5) is 0 Å². The number of nitrogens with zero attached hydrogens (tertiary/aromatic N) is 2. The lowest BCUT2D eigenvalue weighted by molar-refractivity contribution is -0.143. The van der Waals surface area contributed by atoms with Crippen LogP contribution in [0.25, 0.3) is 10.9 Å². The van der Waals surface area contributed by atoms with Crippen molar-refractivity contribution >= 4 is 51.8 Å². The number of benzene rings is 2. The number of hydrogen-bond donors (Lipinski definition) is 0. The molecule has 2 heterocycles. The summed E-state index contributed by atoms with van der Waals surface area (Å²) in [5.41, 5.74) is 2.18. The molecule has 0 N–H and O–H groups in total. The van der Waals surface area contributed by atoms with Crippen molar-refractivity contribution in [2.75, 3.05) is 13.1 Å². The zero-order valence-electron chi connectivity index (χ0n) is 17.0. The second kappa shape index (κ2) is 9.23. The molecule has 1 fully saturated rings. The van der Waals surface area contributed by atoms with E-state index in [-0.39, 0.29) is 18.1 Å². The molecule has 0 spiro atoms. The summed E-state index contributed by atoms with van der Waals surface area (Å²) in [6.07, 6.45) is 2.21. The standard InChI is InChI=1S/C23H24Cl2N2O2S/c1-15-10-27(11-16(2)29-15)23(28)13-26-12-22(18-5-3-4-6-21(18)26)30-14-17-7-8-19(24)20(25)9-17/h3-9,12,15-16H,10-11,13-14H2,1-2H3. The van der Waals surface area contributed by atoms with Gasteiger partial charge in [0.05, 0.1) is 22.3 Å². The molecular weight excluding hydrogens is 439 g/mol. The number of carbonyl (C=O) groups excluding carboxylic acids is 1. The molecule has 158 valence electrons. The normalized spacial score (nSPS) is 19.4. The summed E-state index contributed by atoms with van der Waals surface area (Å²) in [6.45, 7) is 5.63. The largest absolute Gasteiger partial charge is 0.372 e. The maximum Gasteiger partial charge on any atom is 0.242 e. The maximum atomic E-state index is 13.0. The van der Waals surface area contributed by atoms with Gasteiger partial charge in [0.2, 0.25) is 5.91 Å². The molecule has 1 aliphatic rings. The molecule has 2 aromatic carbocycles. The highest BCUT2D eigenvalue weighted by Gasteiger charge is 2.26. The molecule has 3 aromatic rings. The fourth-order valence-electron chi connectivity index (χ4n) is 3.88. The van der Waals surface area contributed by atoms with E-state index in [1.54, 1.807) is 11.8 Å². The van der Waals surface area contributed by atoms with Gasteiger partial charge in [-0.3, -0.25) is 4.79 Å². The number of hydrogen-bond acceptors (Lipinski definition) is 3. The van der Waals surface area contributed by atoms with Gasteiger partial charge in [0.1, 0.15) is 6.54 Å². The molecule has 2 unspecified atom stereocenters. The Morgan fingerprint density at radius 2 is 1.83 bits per heavy atom. The van der Waals surface area contributed by atoms with Gasteiger partial charge in [-0.25, -0.2) is 0 Å². The van der Waals surface area contributed by atoms with Gasteiger partial charge in [-0.05, 0) is 37.6 Å². The molecule has 1 saturated heterocycles. The monoisotopic (exact) mass is 462 g/mol. The van der Waals surface area contributed by atoms with Gasteiger partial charge in [-0.15, -0.1) is 11.8 Å². The van der Waals surface area contributed by atoms with E-state index in [1.165, 1.54) is 0 Å². The first-order chi connectivity index (χ1) is 14.4. The van der Waals surface area contributed by atoms with E-state index in [0.717, 1.165) is 27.1 Å². The average Bonchev–Trinajstić information content (AvgIpc) is 3.06. The smallest absolute Gasteiger partial charge is 0.242 e. The Kier molecular flexibility index (Phi) is 6.63. The van der Waals surface area contributed by atoms with Gasteiger partial charge in [0.15, 0.2) is 0 Å². The molecule has 0 aliphatic carbocycles. The van der Waals surface area contributed by atoms with Crippen molar-refractivity contribution in [2.24, 2.45) is 0 Å². The van der Waals surface area contributed by atoms with Crippen LogP contribution in [0.5, 0.6) is 0 Å². The zero-order chi connectivity index (χ0) is 21.3. The number of fused-ring (bicyclic) bond motifs is 1. The molecule has 1 aliphatic heterocycles. The van der Waals surface area contributed by atoms with Gasteiger partial charge in [-0.2, -0.15) is 0 Å². The fraction of sp³-hybridized carbons (Fsp3) is 0.348. The van der Waals surface area contributed by atoms with Crippen molar-refractivity contribution in [1.82, 2.24) is 9.47 Å². The highest BCUT2D eigenvalue weighted by molar-refractivity contribution is 7.98. The minimum atomic E-state index is 0.0661.